The van der Waals surface area contributed by atoms with E-state index in [9.17, 15) is 4.79 Å². The molecule has 18 heavy (non-hydrogen) atoms. The maximum absolute atomic E-state index is 10.8. The van der Waals surface area contributed by atoms with E-state index in [-0.39, 0.29) is 11.8 Å². The van der Waals surface area contributed by atoms with E-state index in [4.69, 9.17) is 9.52 Å². The standard InChI is InChI=1S/C14H21NO3/c1-10(12-7-8-13(18-12)14(16)17)15(2)9-11-5-3-4-6-11/h7-8,10-11H,3-6,9H2,1-2H3,(H,16,17). The van der Waals surface area contributed by atoms with Crippen molar-refractivity contribution in [3.8, 4) is 0 Å². The molecule has 4 heteroatoms. The highest BCUT2D eigenvalue weighted by Crippen LogP contribution is 2.28. The molecule has 1 atom stereocenters. The van der Waals surface area contributed by atoms with Crippen molar-refractivity contribution in [2.75, 3.05) is 13.6 Å². The van der Waals surface area contributed by atoms with E-state index in [1.807, 2.05) is 0 Å². The number of furan rings is 1. The second-order valence-corrected chi connectivity index (χ2v) is 5.27. The molecule has 0 bridgehead atoms. The number of carbonyl (C=O) groups is 1. The minimum Gasteiger partial charge on any atom is -0.475 e. The molecule has 0 radical (unpaired) electrons. The predicted octanol–water partition coefficient (Wildman–Crippen LogP) is 3.16. The van der Waals surface area contributed by atoms with E-state index in [0.29, 0.717) is 0 Å². The van der Waals surface area contributed by atoms with E-state index in [0.717, 1.165) is 18.2 Å². The topological polar surface area (TPSA) is 53.7 Å². The Hall–Kier alpha value is -1.29. The van der Waals surface area contributed by atoms with E-state index in [1.54, 1.807) is 6.07 Å². The third-order valence-electron chi connectivity index (χ3n) is 3.93. The second kappa shape index (κ2) is 5.57. The summed E-state index contributed by atoms with van der Waals surface area (Å²) in [6, 6.07) is 3.41. The van der Waals surface area contributed by atoms with Crippen molar-refractivity contribution in [3.05, 3.63) is 23.7 Å². The van der Waals surface area contributed by atoms with Crippen LogP contribution in [-0.4, -0.2) is 29.6 Å². The minimum atomic E-state index is -1.01. The molecule has 0 amide bonds. The van der Waals surface area contributed by atoms with Gasteiger partial charge in [0.25, 0.3) is 0 Å². The van der Waals surface area contributed by atoms with Gasteiger partial charge in [-0.3, -0.25) is 4.90 Å². The SMILES string of the molecule is CC(c1ccc(C(=O)O)o1)N(C)CC1CCCC1. The monoisotopic (exact) mass is 251 g/mol. The van der Waals surface area contributed by atoms with Crippen LogP contribution in [-0.2, 0) is 0 Å². The van der Waals surface area contributed by atoms with Gasteiger partial charge in [0, 0.05) is 6.54 Å². The largest absolute Gasteiger partial charge is 0.475 e. The molecule has 1 heterocycles. The highest BCUT2D eigenvalue weighted by Gasteiger charge is 2.22. The zero-order valence-corrected chi connectivity index (χ0v) is 11.1. The van der Waals surface area contributed by atoms with Crippen LogP contribution < -0.4 is 0 Å². The lowest BCUT2D eigenvalue weighted by molar-refractivity contribution is 0.0656. The second-order valence-electron chi connectivity index (χ2n) is 5.27. The van der Waals surface area contributed by atoms with Gasteiger partial charge in [0.05, 0.1) is 6.04 Å². The first kappa shape index (κ1) is 13.1. The van der Waals surface area contributed by atoms with Crippen LogP contribution >= 0.6 is 0 Å². The first-order chi connectivity index (χ1) is 8.58. The normalized spacial score (nSPS) is 18.4. The molecular formula is C14H21NO3. The number of hydrogen-bond acceptors (Lipinski definition) is 3. The Balaban J connectivity index is 1.95. The van der Waals surface area contributed by atoms with Crippen molar-refractivity contribution in [2.24, 2.45) is 5.92 Å². The van der Waals surface area contributed by atoms with Crippen molar-refractivity contribution in [2.45, 2.75) is 38.6 Å². The molecule has 1 N–H and O–H groups in total. The molecule has 0 spiro atoms. The molecule has 1 aliphatic rings. The van der Waals surface area contributed by atoms with Crippen molar-refractivity contribution < 1.29 is 14.3 Å². The van der Waals surface area contributed by atoms with Crippen LogP contribution in [0.5, 0.6) is 0 Å². The molecule has 100 valence electrons. The molecule has 1 aromatic rings. The Morgan fingerprint density at radius 3 is 2.72 bits per heavy atom. The van der Waals surface area contributed by atoms with Gasteiger partial charge in [-0.1, -0.05) is 12.8 Å². The Morgan fingerprint density at radius 2 is 2.17 bits per heavy atom. The molecular weight excluding hydrogens is 230 g/mol. The van der Waals surface area contributed by atoms with Gasteiger partial charge in [-0.25, -0.2) is 4.79 Å². The zero-order chi connectivity index (χ0) is 13.1. The molecule has 1 fully saturated rings. The summed E-state index contributed by atoms with van der Waals surface area (Å²) in [4.78, 5) is 13.0. The van der Waals surface area contributed by atoms with Crippen molar-refractivity contribution in [1.29, 1.82) is 0 Å². The summed E-state index contributed by atoms with van der Waals surface area (Å²) >= 11 is 0. The molecule has 1 aliphatic carbocycles. The lowest BCUT2D eigenvalue weighted by Crippen LogP contribution is -2.27. The smallest absolute Gasteiger partial charge is 0.371 e. The van der Waals surface area contributed by atoms with Gasteiger partial charge < -0.3 is 9.52 Å². The maximum atomic E-state index is 10.8. The molecule has 0 aliphatic heterocycles. The van der Waals surface area contributed by atoms with E-state index < -0.39 is 5.97 Å². The highest BCUT2D eigenvalue weighted by molar-refractivity contribution is 5.84. The highest BCUT2D eigenvalue weighted by atomic mass is 16.4. The van der Waals surface area contributed by atoms with Crippen molar-refractivity contribution in [3.63, 3.8) is 0 Å². The van der Waals surface area contributed by atoms with Gasteiger partial charge in [0.2, 0.25) is 5.76 Å². The van der Waals surface area contributed by atoms with Gasteiger partial charge in [-0.05, 0) is 44.9 Å². The Morgan fingerprint density at radius 1 is 1.50 bits per heavy atom. The first-order valence-corrected chi connectivity index (χ1v) is 6.61. The minimum absolute atomic E-state index is 0.0196. The van der Waals surface area contributed by atoms with Crippen LogP contribution in [0.1, 0.15) is 55.0 Å². The Labute approximate surface area is 108 Å². The molecule has 0 saturated heterocycles. The number of nitrogens with zero attached hydrogens (tertiary/aromatic N) is 1. The summed E-state index contributed by atoms with van der Waals surface area (Å²) < 4.78 is 5.35. The first-order valence-electron chi connectivity index (χ1n) is 6.61. The summed E-state index contributed by atoms with van der Waals surface area (Å²) in [7, 11) is 2.08. The summed E-state index contributed by atoms with van der Waals surface area (Å²) in [5.41, 5.74) is 0. The molecule has 0 aromatic carbocycles. The average Bonchev–Trinajstić information content (AvgIpc) is 2.98. The Bertz CT molecular complexity index is 407. The third-order valence-corrected chi connectivity index (χ3v) is 3.93. The van der Waals surface area contributed by atoms with E-state index in [2.05, 4.69) is 18.9 Å². The summed E-state index contributed by atoms with van der Waals surface area (Å²) in [6.07, 6.45) is 5.32. The third kappa shape index (κ3) is 2.93. The zero-order valence-electron chi connectivity index (χ0n) is 11.1. The molecule has 1 aromatic heterocycles. The van der Waals surface area contributed by atoms with Crippen molar-refractivity contribution in [1.82, 2.24) is 4.90 Å². The lowest BCUT2D eigenvalue weighted by Gasteiger charge is -2.25. The Kier molecular flexibility index (Phi) is 4.07. The molecule has 1 unspecified atom stereocenters. The number of aromatic carboxylic acids is 1. The fourth-order valence-electron chi connectivity index (χ4n) is 2.67. The fourth-order valence-corrected chi connectivity index (χ4v) is 2.67. The van der Waals surface area contributed by atoms with Gasteiger partial charge in [0.15, 0.2) is 0 Å². The molecule has 2 rings (SSSR count). The number of rotatable bonds is 5. The lowest BCUT2D eigenvalue weighted by atomic mass is 10.1. The maximum Gasteiger partial charge on any atom is 0.371 e. The number of carboxylic acids is 1. The summed E-state index contributed by atoms with van der Waals surface area (Å²) in [5, 5.41) is 8.84. The van der Waals surface area contributed by atoms with Gasteiger partial charge >= 0.3 is 5.97 Å². The fraction of sp³-hybridized carbons (Fsp3) is 0.643. The predicted molar refractivity (Wildman–Crippen MR) is 68.7 cm³/mol. The quantitative estimate of drug-likeness (QED) is 0.873. The summed E-state index contributed by atoms with van der Waals surface area (Å²) in [5.74, 6) is 0.525. The molecule has 4 nitrogen and oxygen atoms in total. The van der Waals surface area contributed by atoms with Crippen LogP contribution in [0.4, 0.5) is 0 Å². The number of carboxylic acid groups (broad SMARTS) is 1. The molecule has 1 saturated carbocycles. The van der Waals surface area contributed by atoms with E-state index >= 15 is 0 Å². The van der Waals surface area contributed by atoms with Gasteiger partial charge in [-0.2, -0.15) is 0 Å². The van der Waals surface area contributed by atoms with Gasteiger partial charge in [-0.15, -0.1) is 0 Å². The number of hydrogen-bond donors (Lipinski definition) is 1. The van der Waals surface area contributed by atoms with Crippen LogP contribution in [0.15, 0.2) is 16.5 Å². The van der Waals surface area contributed by atoms with Crippen LogP contribution in [0, 0.1) is 5.92 Å². The van der Waals surface area contributed by atoms with E-state index in [1.165, 1.54) is 31.7 Å². The van der Waals surface area contributed by atoms with Crippen LogP contribution in [0.25, 0.3) is 0 Å². The van der Waals surface area contributed by atoms with Crippen LogP contribution in [0.3, 0.4) is 0 Å². The summed E-state index contributed by atoms with van der Waals surface area (Å²) in [6.45, 7) is 3.11. The van der Waals surface area contributed by atoms with Crippen LogP contribution in [0.2, 0.25) is 0 Å². The van der Waals surface area contributed by atoms with Crippen molar-refractivity contribution >= 4 is 5.97 Å². The van der Waals surface area contributed by atoms with Gasteiger partial charge in [0.1, 0.15) is 5.76 Å². The average molecular weight is 251 g/mol.